The molecule has 4 aromatic rings. The minimum absolute atomic E-state index is 0.101. The third-order valence-electron chi connectivity index (χ3n) is 4.70. The minimum Gasteiger partial charge on any atom is -0.457 e. The molecule has 0 aliphatic rings. The lowest BCUT2D eigenvalue weighted by molar-refractivity contribution is 0.0939. The maximum Gasteiger partial charge on any atom is 0.251 e. The van der Waals surface area contributed by atoms with E-state index in [9.17, 15) is 4.79 Å². The fourth-order valence-corrected chi connectivity index (χ4v) is 3.17. The van der Waals surface area contributed by atoms with E-state index in [1.54, 1.807) is 12.1 Å². The summed E-state index contributed by atoms with van der Waals surface area (Å²) < 4.78 is 5.83. The lowest BCUT2D eigenvalue weighted by atomic mass is 10.0. The van der Waals surface area contributed by atoms with E-state index in [-0.39, 0.29) is 11.9 Å². The predicted molar refractivity (Wildman–Crippen MR) is 113 cm³/mol. The fourth-order valence-electron chi connectivity index (χ4n) is 3.17. The van der Waals surface area contributed by atoms with E-state index in [1.165, 1.54) is 10.8 Å². The summed E-state index contributed by atoms with van der Waals surface area (Å²) in [5.74, 6) is 1.25. The van der Waals surface area contributed by atoms with Crippen LogP contribution in [0.1, 0.15) is 28.9 Å². The lowest BCUT2D eigenvalue weighted by Gasteiger charge is -2.15. The van der Waals surface area contributed by atoms with Gasteiger partial charge in [-0.1, -0.05) is 60.7 Å². The van der Waals surface area contributed by atoms with E-state index >= 15 is 0 Å². The van der Waals surface area contributed by atoms with Crippen molar-refractivity contribution in [2.75, 3.05) is 0 Å². The average Bonchev–Trinajstić information content (AvgIpc) is 2.74. The van der Waals surface area contributed by atoms with Gasteiger partial charge in [0, 0.05) is 5.56 Å². The molecule has 0 spiro atoms. The van der Waals surface area contributed by atoms with Crippen molar-refractivity contribution in [1.82, 2.24) is 5.32 Å². The first kappa shape index (κ1) is 17.8. The molecule has 0 saturated heterocycles. The molecule has 1 amide bonds. The van der Waals surface area contributed by atoms with Gasteiger partial charge in [-0.15, -0.1) is 0 Å². The molecule has 3 heteroatoms. The second-order valence-electron chi connectivity index (χ2n) is 6.74. The van der Waals surface area contributed by atoms with Crippen LogP contribution in [0.5, 0.6) is 11.5 Å². The Morgan fingerprint density at radius 1 is 0.750 bits per heavy atom. The maximum absolute atomic E-state index is 12.7. The summed E-state index contributed by atoms with van der Waals surface area (Å²) in [4.78, 5) is 12.7. The smallest absolute Gasteiger partial charge is 0.251 e. The van der Waals surface area contributed by atoms with E-state index in [0.717, 1.165) is 11.3 Å². The fraction of sp³-hybridized carbons (Fsp3) is 0.0800. The molecular formula is C25H21NO2. The van der Waals surface area contributed by atoms with Gasteiger partial charge in [0.05, 0.1) is 6.04 Å². The highest BCUT2D eigenvalue weighted by Gasteiger charge is 2.13. The van der Waals surface area contributed by atoms with Gasteiger partial charge in [0.15, 0.2) is 0 Å². The summed E-state index contributed by atoms with van der Waals surface area (Å²) >= 11 is 0. The van der Waals surface area contributed by atoms with Crippen LogP contribution < -0.4 is 10.1 Å². The molecule has 0 fully saturated rings. The van der Waals surface area contributed by atoms with Gasteiger partial charge in [0.1, 0.15) is 11.5 Å². The first-order valence-electron chi connectivity index (χ1n) is 9.31. The Morgan fingerprint density at radius 2 is 1.46 bits per heavy atom. The second-order valence-corrected chi connectivity index (χ2v) is 6.74. The number of carbonyl (C=O) groups is 1. The van der Waals surface area contributed by atoms with Gasteiger partial charge in [0.25, 0.3) is 5.91 Å². The SMILES string of the molecule is C[C@H](NC(=O)c1cccc(Oc2ccccc2)c1)c1ccc2ccccc2c1. The highest BCUT2D eigenvalue weighted by molar-refractivity contribution is 5.95. The van der Waals surface area contributed by atoms with Crippen molar-refractivity contribution in [1.29, 1.82) is 0 Å². The van der Waals surface area contributed by atoms with Crippen molar-refractivity contribution in [2.24, 2.45) is 0 Å². The van der Waals surface area contributed by atoms with Crippen molar-refractivity contribution < 1.29 is 9.53 Å². The summed E-state index contributed by atoms with van der Waals surface area (Å²) in [6.45, 7) is 1.99. The summed E-state index contributed by atoms with van der Waals surface area (Å²) in [7, 11) is 0. The number of amides is 1. The van der Waals surface area contributed by atoms with Gasteiger partial charge in [-0.05, 0) is 59.7 Å². The third kappa shape index (κ3) is 4.04. The molecule has 0 bridgehead atoms. The molecule has 28 heavy (non-hydrogen) atoms. The summed E-state index contributed by atoms with van der Waals surface area (Å²) in [5.41, 5.74) is 1.64. The Labute approximate surface area is 164 Å². The van der Waals surface area contributed by atoms with Crippen LogP contribution in [0.3, 0.4) is 0 Å². The number of ether oxygens (including phenoxy) is 1. The molecule has 0 unspecified atom stereocenters. The summed E-state index contributed by atoms with van der Waals surface area (Å²) in [6.07, 6.45) is 0. The van der Waals surface area contributed by atoms with Gasteiger partial charge in [-0.3, -0.25) is 4.79 Å². The predicted octanol–water partition coefficient (Wildman–Crippen LogP) is 6.12. The highest BCUT2D eigenvalue weighted by atomic mass is 16.5. The molecular weight excluding hydrogens is 346 g/mol. The number of hydrogen-bond acceptors (Lipinski definition) is 2. The molecule has 0 aliphatic carbocycles. The monoisotopic (exact) mass is 367 g/mol. The minimum atomic E-state index is -0.126. The summed E-state index contributed by atoms with van der Waals surface area (Å²) in [6, 6.07) is 31.1. The van der Waals surface area contributed by atoms with Gasteiger partial charge < -0.3 is 10.1 Å². The highest BCUT2D eigenvalue weighted by Crippen LogP contribution is 2.23. The summed E-state index contributed by atoms with van der Waals surface area (Å²) in [5, 5.41) is 5.43. The molecule has 0 aromatic heterocycles. The van der Waals surface area contributed by atoms with Gasteiger partial charge in [-0.25, -0.2) is 0 Å². The van der Waals surface area contributed by atoms with Crippen LogP contribution in [0, 0.1) is 0 Å². The number of nitrogens with one attached hydrogen (secondary N) is 1. The number of hydrogen-bond donors (Lipinski definition) is 1. The molecule has 138 valence electrons. The Hall–Kier alpha value is -3.59. The zero-order valence-corrected chi connectivity index (χ0v) is 15.6. The molecule has 4 rings (SSSR count). The van der Waals surface area contributed by atoms with Crippen LogP contribution in [0.4, 0.5) is 0 Å². The number of benzene rings is 4. The van der Waals surface area contributed by atoms with Crippen molar-refractivity contribution in [3.05, 3.63) is 108 Å². The molecule has 0 radical (unpaired) electrons. The standard InChI is InChI=1S/C25H21NO2/c1-18(20-15-14-19-8-5-6-9-21(19)16-20)26-25(27)22-10-7-13-24(17-22)28-23-11-3-2-4-12-23/h2-18H,1H3,(H,26,27)/t18-/m0/s1. The Bertz CT molecular complexity index is 1110. The zero-order valence-electron chi connectivity index (χ0n) is 15.6. The Balaban J connectivity index is 1.48. The molecule has 0 saturated carbocycles. The van der Waals surface area contributed by atoms with E-state index in [1.807, 2.05) is 61.5 Å². The molecule has 0 heterocycles. The molecule has 4 aromatic carbocycles. The van der Waals surface area contributed by atoms with E-state index < -0.39 is 0 Å². The van der Waals surface area contributed by atoms with Crippen LogP contribution in [-0.2, 0) is 0 Å². The Morgan fingerprint density at radius 3 is 2.29 bits per heavy atom. The molecule has 1 atom stereocenters. The van der Waals surface area contributed by atoms with Crippen molar-refractivity contribution >= 4 is 16.7 Å². The quantitative estimate of drug-likeness (QED) is 0.461. The topological polar surface area (TPSA) is 38.3 Å². The molecule has 3 nitrogen and oxygen atoms in total. The number of carbonyl (C=O) groups excluding carboxylic acids is 1. The zero-order chi connectivity index (χ0) is 19.3. The Kier molecular flexibility index (Phi) is 5.07. The lowest BCUT2D eigenvalue weighted by Crippen LogP contribution is -2.26. The van der Waals surface area contributed by atoms with Crippen LogP contribution >= 0.6 is 0 Å². The van der Waals surface area contributed by atoms with Crippen LogP contribution in [0.15, 0.2) is 97.1 Å². The number of rotatable bonds is 5. The first-order chi connectivity index (χ1) is 13.7. The van der Waals surface area contributed by atoms with Crippen LogP contribution in [0.25, 0.3) is 10.8 Å². The van der Waals surface area contributed by atoms with E-state index in [4.69, 9.17) is 4.74 Å². The van der Waals surface area contributed by atoms with Gasteiger partial charge in [0.2, 0.25) is 0 Å². The van der Waals surface area contributed by atoms with Gasteiger partial charge in [-0.2, -0.15) is 0 Å². The van der Waals surface area contributed by atoms with Crippen molar-refractivity contribution in [3.63, 3.8) is 0 Å². The van der Waals surface area contributed by atoms with Crippen molar-refractivity contribution in [3.8, 4) is 11.5 Å². The average molecular weight is 367 g/mol. The normalized spacial score (nSPS) is 11.8. The van der Waals surface area contributed by atoms with E-state index in [0.29, 0.717) is 11.3 Å². The van der Waals surface area contributed by atoms with E-state index in [2.05, 4.69) is 35.6 Å². The number of fused-ring (bicyclic) bond motifs is 1. The second kappa shape index (κ2) is 7.97. The maximum atomic E-state index is 12.7. The van der Waals surface area contributed by atoms with Crippen LogP contribution in [0.2, 0.25) is 0 Å². The first-order valence-corrected chi connectivity index (χ1v) is 9.31. The molecule has 0 aliphatic heterocycles. The molecule has 1 N–H and O–H groups in total. The van der Waals surface area contributed by atoms with Crippen LogP contribution in [-0.4, -0.2) is 5.91 Å². The number of para-hydroxylation sites is 1. The van der Waals surface area contributed by atoms with Crippen molar-refractivity contribution in [2.45, 2.75) is 13.0 Å². The third-order valence-corrected chi connectivity index (χ3v) is 4.70. The largest absolute Gasteiger partial charge is 0.457 e. The van der Waals surface area contributed by atoms with Gasteiger partial charge >= 0.3 is 0 Å².